The van der Waals surface area contributed by atoms with Crippen LogP contribution in [0.4, 0.5) is 0 Å². The predicted molar refractivity (Wildman–Crippen MR) is 121 cm³/mol. The molecule has 0 spiro atoms. The molecular weight excluding hydrogens is 451 g/mol. The molecule has 3 aromatic rings. The van der Waals surface area contributed by atoms with Gasteiger partial charge in [0.25, 0.3) is 0 Å². The van der Waals surface area contributed by atoms with Gasteiger partial charge in [-0.05, 0) is 41.5 Å². The lowest BCUT2D eigenvalue weighted by atomic mass is 9.83. The van der Waals surface area contributed by atoms with Gasteiger partial charge in [-0.2, -0.15) is 5.26 Å². The second-order valence-corrected chi connectivity index (χ2v) is 7.91. The van der Waals surface area contributed by atoms with Gasteiger partial charge in [0.15, 0.2) is 11.5 Å². The lowest BCUT2D eigenvalue weighted by Crippen LogP contribution is -2.21. The van der Waals surface area contributed by atoms with Gasteiger partial charge in [-0.3, -0.25) is 0 Å². The van der Waals surface area contributed by atoms with Crippen LogP contribution in [0.3, 0.4) is 0 Å². The summed E-state index contributed by atoms with van der Waals surface area (Å²) in [5.74, 6) is 0.961. The first-order valence-electron chi connectivity index (χ1n) is 9.56. The number of phenols is 1. The molecular formula is C24H18Cl2N2O4. The normalized spacial score (nSPS) is 14.9. The molecule has 8 heteroatoms. The standard InChI is InChI=1S/C24H18Cl2N2O4/c1-30-22-9-14(3-7-20(22)31-12-13-2-6-18(25)19(26)8-13)23-16-5-4-15(29)10-21(16)32-24(28)17(23)11-27/h2-10,23,29H,12,28H2,1H3/t23-/m0/s1. The van der Waals surface area contributed by atoms with Crippen LogP contribution in [-0.4, -0.2) is 12.2 Å². The van der Waals surface area contributed by atoms with Gasteiger partial charge in [-0.1, -0.05) is 41.4 Å². The van der Waals surface area contributed by atoms with E-state index in [2.05, 4.69) is 6.07 Å². The number of fused-ring (bicyclic) bond motifs is 1. The number of nitrogens with zero attached hydrogens (tertiary/aromatic N) is 1. The minimum Gasteiger partial charge on any atom is -0.508 e. The summed E-state index contributed by atoms with van der Waals surface area (Å²) in [7, 11) is 1.54. The monoisotopic (exact) mass is 468 g/mol. The molecule has 1 aliphatic rings. The Kier molecular flexibility index (Phi) is 6.04. The summed E-state index contributed by atoms with van der Waals surface area (Å²) in [4.78, 5) is 0. The molecule has 1 atom stereocenters. The van der Waals surface area contributed by atoms with E-state index in [1.165, 1.54) is 19.2 Å². The van der Waals surface area contributed by atoms with Gasteiger partial charge in [0.1, 0.15) is 29.7 Å². The molecule has 0 aliphatic carbocycles. The molecule has 0 radical (unpaired) electrons. The van der Waals surface area contributed by atoms with Crippen molar-refractivity contribution in [3.05, 3.63) is 92.8 Å². The van der Waals surface area contributed by atoms with Crippen LogP contribution in [0.5, 0.6) is 23.0 Å². The average molecular weight is 469 g/mol. The molecule has 162 valence electrons. The number of ether oxygens (including phenoxy) is 3. The van der Waals surface area contributed by atoms with Crippen LogP contribution in [-0.2, 0) is 6.61 Å². The number of halogens is 2. The number of nitriles is 1. The summed E-state index contributed by atoms with van der Waals surface area (Å²) in [5.41, 5.74) is 8.59. The first-order chi connectivity index (χ1) is 15.4. The van der Waals surface area contributed by atoms with Crippen molar-refractivity contribution in [2.45, 2.75) is 12.5 Å². The van der Waals surface area contributed by atoms with E-state index >= 15 is 0 Å². The van der Waals surface area contributed by atoms with Crippen LogP contribution in [0.25, 0.3) is 0 Å². The summed E-state index contributed by atoms with van der Waals surface area (Å²) < 4.78 is 17.0. The molecule has 1 heterocycles. The molecule has 0 unspecified atom stereocenters. The molecule has 0 aromatic heterocycles. The molecule has 0 saturated carbocycles. The van der Waals surface area contributed by atoms with Crippen molar-refractivity contribution in [2.24, 2.45) is 5.73 Å². The molecule has 0 fully saturated rings. The van der Waals surface area contributed by atoms with Gasteiger partial charge in [0.2, 0.25) is 5.88 Å². The Hall–Kier alpha value is -3.53. The second kappa shape index (κ2) is 8.91. The van der Waals surface area contributed by atoms with Crippen LogP contribution in [0.1, 0.15) is 22.6 Å². The highest BCUT2D eigenvalue weighted by Gasteiger charge is 2.31. The zero-order valence-corrected chi connectivity index (χ0v) is 18.4. The van der Waals surface area contributed by atoms with Crippen molar-refractivity contribution >= 4 is 23.2 Å². The van der Waals surface area contributed by atoms with E-state index < -0.39 is 5.92 Å². The molecule has 3 N–H and O–H groups in total. The maximum absolute atomic E-state index is 9.80. The summed E-state index contributed by atoms with van der Waals surface area (Å²) in [6.07, 6.45) is 0. The Balaban J connectivity index is 1.68. The lowest BCUT2D eigenvalue weighted by Gasteiger charge is -2.27. The van der Waals surface area contributed by atoms with Gasteiger partial charge >= 0.3 is 0 Å². The Bertz CT molecular complexity index is 1270. The van der Waals surface area contributed by atoms with Gasteiger partial charge < -0.3 is 25.1 Å². The molecule has 32 heavy (non-hydrogen) atoms. The van der Waals surface area contributed by atoms with Crippen LogP contribution in [0.2, 0.25) is 10.0 Å². The number of nitrogens with two attached hydrogens (primary N) is 1. The van der Waals surface area contributed by atoms with Crippen molar-refractivity contribution in [1.29, 1.82) is 5.26 Å². The van der Waals surface area contributed by atoms with Crippen LogP contribution in [0, 0.1) is 11.3 Å². The van der Waals surface area contributed by atoms with Crippen molar-refractivity contribution < 1.29 is 19.3 Å². The van der Waals surface area contributed by atoms with Crippen molar-refractivity contribution in [1.82, 2.24) is 0 Å². The first-order valence-corrected chi connectivity index (χ1v) is 10.3. The van der Waals surface area contributed by atoms with Crippen LogP contribution < -0.4 is 19.9 Å². The molecule has 3 aromatic carbocycles. The van der Waals surface area contributed by atoms with Crippen molar-refractivity contribution in [3.8, 4) is 29.1 Å². The van der Waals surface area contributed by atoms with Gasteiger partial charge in [0, 0.05) is 11.6 Å². The van der Waals surface area contributed by atoms with Crippen molar-refractivity contribution in [2.75, 3.05) is 7.11 Å². The van der Waals surface area contributed by atoms with Crippen LogP contribution >= 0.6 is 23.2 Å². The second-order valence-electron chi connectivity index (χ2n) is 7.09. The fourth-order valence-electron chi connectivity index (χ4n) is 3.56. The highest BCUT2D eigenvalue weighted by atomic mass is 35.5. The maximum Gasteiger partial charge on any atom is 0.205 e. The van der Waals surface area contributed by atoms with E-state index in [1.54, 1.807) is 30.3 Å². The van der Waals surface area contributed by atoms with Crippen molar-refractivity contribution in [3.63, 3.8) is 0 Å². The lowest BCUT2D eigenvalue weighted by molar-refractivity contribution is 0.284. The smallest absolute Gasteiger partial charge is 0.205 e. The fraction of sp³-hybridized carbons (Fsp3) is 0.125. The van der Waals surface area contributed by atoms with E-state index in [0.29, 0.717) is 32.9 Å². The summed E-state index contributed by atoms with van der Waals surface area (Å²) in [6.45, 7) is 0.266. The third-order valence-corrected chi connectivity index (χ3v) is 5.84. The minimum absolute atomic E-state index is 0.00508. The quantitative estimate of drug-likeness (QED) is 0.512. The van der Waals surface area contributed by atoms with E-state index in [-0.39, 0.29) is 23.8 Å². The third-order valence-electron chi connectivity index (χ3n) is 5.10. The zero-order chi connectivity index (χ0) is 22.8. The molecule has 6 nitrogen and oxygen atoms in total. The SMILES string of the molecule is COc1cc([C@@H]2C(C#N)=C(N)Oc3cc(O)ccc32)ccc1OCc1ccc(Cl)c(Cl)c1. The minimum atomic E-state index is -0.484. The number of hydrogen-bond donors (Lipinski definition) is 2. The number of aromatic hydroxyl groups is 1. The first kappa shape index (κ1) is 21.7. The van der Waals surface area contributed by atoms with Gasteiger partial charge in [0.05, 0.1) is 23.1 Å². The van der Waals surface area contributed by atoms with E-state index in [0.717, 1.165) is 11.1 Å². The van der Waals surface area contributed by atoms with E-state index in [4.69, 9.17) is 43.1 Å². The number of phenolic OH excluding ortho intramolecular Hbond substituents is 1. The average Bonchev–Trinajstić information content (AvgIpc) is 2.78. The Morgan fingerprint density at radius 1 is 1.06 bits per heavy atom. The van der Waals surface area contributed by atoms with E-state index in [1.807, 2.05) is 12.1 Å². The molecule has 4 rings (SSSR count). The number of methoxy groups -OCH3 is 1. The topological polar surface area (TPSA) is 97.7 Å². The van der Waals surface area contributed by atoms with Gasteiger partial charge in [-0.25, -0.2) is 0 Å². The molecule has 0 saturated heterocycles. The van der Waals surface area contributed by atoms with Crippen LogP contribution in [0.15, 0.2) is 66.1 Å². The highest BCUT2D eigenvalue weighted by Crippen LogP contribution is 2.45. The number of benzene rings is 3. The Morgan fingerprint density at radius 3 is 2.59 bits per heavy atom. The fourth-order valence-corrected chi connectivity index (χ4v) is 3.88. The van der Waals surface area contributed by atoms with E-state index in [9.17, 15) is 10.4 Å². The number of hydrogen-bond acceptors (Lipinski definition) is 6. The molecule has 0 amide bonds. The Morgan fingerprint density at radius 2 is 1.88 bits per heavy atom. The summed E-state index contributed by atoms with van der Waals surface area (Å²) in [5, 5.41) is 20.4. The summed E-state index contributed by atoms with van der Waals surface area (Å²) >= 11 is 12.0. The number of allylic oxidation sites excluding steroid dienone is 1. The highest BCUT2D eigenvalue weighted by molar-refractivity contribution is 6.42. The van der Waals surface area contributed by atoms with Gasteiger partial charge in [-0.15, -0.1) is 0 Å². The molecule has 1 aliphatic heterocycles. The molecule has 0 bridgehead atoms. The Labute approximate surface area is 195 Å². The predicted octanol–water partition coefficient (Wildman–Crippen LogP) is 5.50. The largest absolute Gasteiger partial charge is 0.508 e. The zero-order valence-electron chi connectivity index (χ0n) is 16.9. The number of rotatable bonds is 5. The maximum atomic E-state index is 9.80. The third kappa shape index (κ3) is 4.13. The summed E-state index contributed by atoms with van der Waals surface area (Å²) in [6, 6.07) is 17.5.